The predicted octanol–water partition coefficient (Wildman–Crippen LogP) is 0.387. The van der Waals surface area contributed by atoms with E-state index in [4.69, 9.17) is 9.39 Å². The highest BCUT2D eigenvalue weighted by Crippen LogP contribution is 2.24. The molecule has 106 valence electrons. The Kier molecular flexibility index (Phi) is 4.04. The van der Waals surface area contributed by atoms with Gasteiger partial charge in [0.1, 0.15) is 0 Å². The molecular formula is C13H23BN2O3. The van der Waals surface area contributed by atoms with E-state index in [0.717, 1.165) is 25.1 Å². The largest absolute Gasteiger partial charge is 0.427 e. The topological polar surface area (TPSA) is 56.5 Å². The quantitative estimate of drug-likeness (QED) is 0.783. The van der Waals surface area contributed by atoms with Gasteiger partial charge in [-0.1, -0.05) is 0 Å². The van der Waals surface area contributed by atoms with E-state index < -0.39 is 11.2 Å². The first-order chi connectivity index (χ1) is 8.79. The molecule has 1 aromatic heterocycles. The van der Waals surface area contributed by atoms with Crippen LogP contribution in [0, 0.1) is 0 Å². The minimum absolute atomic E-state index is 0.344. The minimum atomic E-state index is -0.887. The summed E-state index contributed by atoms with van der Waals surface area (Å²) in [4.78, 5) is 0. The van der Waals surface area contributed by atoms with E-state index in [1.165, 1.54) is 0 Å². The monoisotopic (exact) mass is 266 g/mol. The first-order valence-electron chi connectivity index (χ1n) is 6.77. The molecule has 2 heterocycles. The summed E-state index contributed by atoms with van der Waals surface area (Å²) in [6, 6.07) is 0.344. The molecule has 0 saturated carbocycles. The molecule has 1 atom stereocenters. The minimum Gasteiger partial charge on any atom is -0.427 e. The van der Waals surface area contributed by atoms with Gasteiger partial charge in [0.15, 0.2) is 0 Å². The van der Waals surface area contributed by atoms with Crippen LogP contribution >= 0.6 is 0 Å². The van der Waals surface area contributed by atoms with Gasteiger partial charge in [0.25, 0.3) is 0 Å². The van der Waals surface area contributed by atoms with Gasteiger partial charge >= 0.3 is 7.48 Å². The van der Waals surface area contributed by atoms with Crippen LogP contribution in [0.5, 0.6) is 0 Å². The zero-order chi connectivity index (χ0) is 14.1. The van der Waals surface area contributed by atoms with E-state index in [-0.39, 0.29) is 0 Å². The Morgan fingerprint density at radius 3 is 2.79 bits per heavy atom. The van der Waals surface area contributed by atoms with Crippen LogP contribution in [0.15, 0.2) is 12.4 Å². The number of aromatic nitrogens is 2. The molecule has 2 rings (SSSR count). The summed E-state index contributed by atoms with van der Waals surface area (Å²) in [7, 11) is 0.449. The Hall–Kier alpha value is -0.845. The fourth-order valence-corrected chi connectivity index (χ4v) is 1.82. The average molecular weight is 266 g/mol. The SMILES string of the molecule is CC(C)(O)C(C)(C)OBc1cnn([C@@H]2CCOC2)c1. The van der Waals surface area contributed by atoms with Crippen molar-refractivity contribution in [1.29, 1.82) is 0 Å². The van der Waals surface area contributed by atoms with Crippen LogP contribution in [0.2, 0.25) is 0 Å². The average Bonchev–Trinajstić information content (AvgIpc) is 2.96. The van der Waals surface area contributed by atoms with Gasteiger partial charge in [0.05, 0.1) is 23.9 Å². The fraction of sp³-hybridized carbons (Fsp3) is 0.769. The lowest BCUT2D eigenvalue weighted by Crippen LogP contribution is -2.49. The maximum absolute atomic E-state index is 10.0. The van der Waals surface area contributed by atoms with Crippen LogP contribution in [-0.4, -0.2) is 46.8 Å². The maximum Gasteiger partial charge on any atom is 0.312 e. The van der Waals surface area contributed by atoms with Gasteiger partial charge < -0.3 is 14.5 Å². The van der Waals surface area contributed by atoms with Gasteiger partial charge in [-0.3, -0.25) is 4.68 Å². The molecule has 0 spiro atoms. The molecule has 1 saturated heterocycles. The predicted molar refractivity (Wildman–Crippen MR) is 74.9 cm³/mol. The summed E-state index contributed by atoms with van der Waals surface area (Å²) in [5.74, 6) is 0. The molecule has 1 aromatic rings. The van der Waals surface area contributed by atoms with E-state index in [1.54, 1.807) is 13.8 Å². The van der Waals surface area contributed by atoms with Crippen LogP contribution in [0.25, 0.3) is 0 Å². The van der Waals surface area contributed by atoms with Gasteiger partial charge in [0.2, 0.25) is 0 Å². The van der Waals surface area contributed by atoms with Crippen molar-refractivity contribution in [3.05, 3.63) is 12.4 Å². The molecular weight excluding hydrogens is 243 g/mol. The zero-order valence-electron chi connectivity index (χ0n) is 12.2. The Labute approximate surface area is 115 Å². The van der Waals surface area contributed by atoms with Crippen molar-refractivity contribution in [1.82, 2.24) is 9.78 Å². The van der Waals surface area contributed by atoms with E-state index in [9.17, 15) is 5.11 Å². The molecule has 1 aliphatic heterocycles. The second kappa shape index (κ2) is 5.27. The molecule has 0 amide bonds. The van der Waals surface area contributed by atoms with Crippen LogP contribution < -0.4 is 5.46 Å². The van der Waals surface area contributed by atoms with Crippen molar-refractivity contribution in [2.75, 3.05) is 13.2 Å². The second-order valence-electron chi connectivity index (χ2n) is 6.20. The highest BCUT2D eigenvalue weighted by atomic mass is 16.5. The molecule has 6 heteroatoms. The highest BCUT2D eigenvalue weighted by Gasteiger charge is 2.35. The number of hydrogen-bond acceptors (Lipinski definition) is 4. The van der Waals surface area contributed by atoms with E-state index in [2.05, 4.69) is 5.10 Å². The smallest absolute Gasteiger partial charge is 0.312 e. The van der Waals surface area contributed by atoms with E-state index >= 15 is 0 Å². The summed E-state index contributed by atoms with van der Waals surface area (Å²) >= 11 is 0. The van der Waals surface area contributed by atoms with Crippen molar-refractivity contribution < 1.29 is 14.5 Å². The van der Waals surface area contributed by atoms with E-state index in [1.807, 2.05) is 30.9 Å². The van der Waals surface area contributed by atoms with Gasteiger partial charge in [-0.25, -0.2) is 0 Å². The third-order valence-corrected chi connectivity index (χ3v) is 4.01. The molecule has 1 N–H and O–H groups in total. The van der Waals surface area contributed by atoms with Crippen LogP contribution in [-0.2, 0) is 9.39 Å². The number of aliphatic hydroxyl groups is 1. The van der Waals surface area contributed by atoms with Gasteiger partial charge in [-0.05, 0) is 39.6 Å². The summed E-state index contributed by atoms with van der Waals surface area (Å²) in [6.45, 7) is 8.84. The van der Waals surface area contributed by atoms with Crippen molar-refractivity contribution in [2.45, 2.75) is 51.4 Å². The van der Waals surface area contributed by atoms with Crippen LogP contribution in [0.3, 0.4) is 0 Å². The second-order valence-corrected chi connectivity index (χ2v) is 6.20. The van der Waals surface area contributed by atoms with Crippen molar-refractivity contribution in [3.8, 4) is 0 Å². The molecule has 1 fully saturated rings. The summed E-state index contributed by atoms with van der Waals surface area (Å²) in [5.41, 5.74) is -0.474. The fourth-order valence-electron chi connectivity index (χ4n) is 1.82. The van der Waals surface area contributed by atoms with Crippen molar-refractivity contribution >= 4 is 12.9 Å². The lowest BCUT2D eigenvalue weighted by Gasteiger charge is -2.37. The van der Waals surface area contributed by atoms with Crippen LogP contribution in [0.1, 0.15) is 40.2 Å². The van der Waals surface area contributed by atoms with Gasteiger partial charge in [0, 0.05) is 19.0 Å². The first-order valence-corrected chi connectivity index (χ1v) is 6.77. The molecule has 5 nitrogen and oxygen atoms in total. The highest BCUT2D eigenvalue weighted by molar-refractivity contribution is 6.46. The number of hydrogen-bond donors (Lipinski definition) is 1. The Morgan fingerprint density at radius 2 is 2.21 bits per heavy atom. The lowest BCUT2D eigenvalue weighted by atomic mass is 9.84. The summed E-state index contributed by atoms with van der Waals surface area (Å²) < 4.78 is 13.1. The molecule has 0 bridgehead atoms. The number of ether oxygens (including phenoxy) is 1. The summed E-state index contributed by atoms with van der Waals surface area (Å²) in [5, 5.41) is 14.4. The normalized spacial score (nSPS) is 20.8. The lowest BCUT2D eigenvalue weighted by molar-refractivity contribution is -0.0893. The molecule has 0 unspecified atom stereocenters. The molecule has 1 aliphatic rings. The zero-order valence-corrected chi connectivity index (χ0v) is 12.2. The molecule has 0 aromatic carbocycles. The van der Waals surface area contributed by atoms with Crippen molar-refractivity contribution in [2.24, 2.45) is 0 Å². The Balaban J connectivity index is 1.93. The first kappa shape index (κ1) is 14.6. The maximum atomic E-state index is 10.0. The standard InChI is InChI=1S/C13H23BN2O3/c1-12(2,17)13(3,4)19-14-10-7-15-16(8-10)11-5-6-18-9-11/h7-8,11,14,17H,5-6,9H2,1-4H3/t11-/m1/s1. The Bertz CT molecular complexity index is 420. The van der Waals surface area contributed by atoms with E-state index in [0.29, 0.717) is 13.5 Å². The van der Waals surface area contributed by atoms with Crippen LogP contribution in [0.4, 0.5) is 0 Å². The molecule has 19 heavy (non-hydrogen) atoms. The number of nitrogens with zero attached hydrogens (tertiary/aromatic N) is 2. The summed E-state index contributed by atoms with van der Waals surface area (Å²) in [6.07, 6.45) is 4.83. The molecule has 0 radical (unpaired) electrons. The molecule has 0 aliphatic carbocycles. The third kappa shape index (κ3) is 3.38. The van der Waals surface area contributed by atoms with Gasteiger partial charge in [-0.15, -0.1) is 0 Å². The van der Waals surface area contributed by atoms with Crippen molar-refractivity contribution in [3.63, 3.8) is 0 Å². The third-order valence-electron chi connectivity index (χ3n) is 4.01. The van der Waals surface area contributed by atoms with Gasteiger partial charge in [-0.2, -0.15) is 5.10 Å². The number of rotatable bonds is 5. The Morgan fingerprint density at radius 1 is 1.47 bits per heavy atom.